The molecule has 0 saturated carbocycles. The Morgan fingerprint density at radius 2 is 2.12 bits per heavy atom. The standard InChI is InChI=1S/C9H9BrF3NO3/c1-16-7-2-5(4-15)6(3-10)14-8(7)17-9(11,12)13/h2,15H,3-4H2,1H3. The number of aliphatic hydroxyl groups excluding tert-OH is 1. The molecule has 0 aliphatic carbocycles. The molecule has 96 valence electrons. The van der Waals surface area contributed by atoms with Crippen LogP contribution in [0.1, 0.15) is 11.3 Å². The lowest BCUT2D eigenvalue weighted by Gasteiger charge is -2.14. The summed E-state index contributed by atoms with van der Waals surface area (Å²) in [7, 11) is 1.19. The first-order valence-corrected chi connectivity index (χ1v) is 5.52. The second-order valence-corrected chi connectivity index (χ2v) is 3.50. The van der Waals surface area contributed by atoms with Gasteiger partial charge in [-0.05, 0) is 6.07 Å². The van der Waals surface area contributed by atoms with Crippen LogP contribution >= 0.6 is 15.9 Å². The highest BCUT2D eigenvalue weighted by Gasteiger charge is 2.33. The van der Waals surface area contributed by atoms with Crippen molar-refractivity contribution in [1.29, 1.82) is 0 Å². The zero-order valence-electron chi connectivity index (χ0n) is 8.71. The molecule has 1 aromatic rings. The van der Waals surface area contributed by atoms with E-state index in [1.165, 1.54) is 13.2 Å². The summed E-state index contributed by atoms with van der Waals surface area (Å²) >= 11 is 3.06. The van der Waals surface area contributed by atoms with Gasteiger partial charge in [-0.1, -0.05) is 15.9 Å². The molecule has 17 heavy (non-hydrogen) atoms. The van der Waals surface area contributed by atoms with E-state index in [2.05, 4.69) is 25.7 Å². The maximum Gasteiger partial charge on any atom is 0.574 e. The predicted molar refractivity (Wildman–Crippen MR) is 56.0 cm³/mol. The van der Waals surface area contributed by atoms with Crippen LogP contribution in [0.4, 0.5) is 13.2 Å². The van der Waals surface area contributed by atoms with Gasteiger partial charge in [0.2, 0.25) is 0 Å². The van der Waals surface area contributed by atoms with Gasteiger partial charge in [-0.15, -0.1) is 13.2 Å². The van der Waals surface area contributed by atoms with Gasteiger partial charge in [0.25, 0.3) is 5.88 Å². The van der Waals surface area contributed by atoms with Gasteiger partial charge < -0.3 is 14.6 Å². The zero-order chi connectivity index (χ0) is 13.1. The monoisotopic (exact) mass is 315 g/mol. The van der Waals surface area contributed by atoms with Crippen molar-refractivity contribution in [2.75, 3.05) is 7.11 Å². The third kappa shape index (κ3) is 3.74. The first-order chi connectivity index (χ1) is 7.91. The van der Waals surface area contributed by atoms with E-state index in [0.29, 0.717) is 5.56 Å². The van der Waals surface area contributed by atoms with Gasteiger partial charge in [-0.25, -0.2) is 4.98 Å². The Balaban J connectivity index is 3.19. The second kappa shape index (κ2) is 5.54. The lowest BCUT2D eigenvalue weighted by Crippen LogP contribution is -2.19. The molecule has 0 radical (unpaired) electrons. The molecule has 8 heteroatoms. The molecular weight excluding hydrogens is 307 g/mol. The van der Waals surface area contributed by atoms with Gasteiger partial charge in [0.05, 0.1) is 19.4 Å². The summed E-state index contributed by atoms with van der Waals surface area (Å²) in [6.07, 6.45) is -4.84. The van der Waals surface area contributed by atoms with Crippen molar-refractivity contribution >= 4 is 15.9 Å². The largest absolute Gasteiger partial charge is 0.574 e. The molecule has 0 aliphatic heterocycles. The highest BCUT2D eigenvalue weighted by molar-refractivity contribution is 9.08. The average molecular weight is 316 g/mol. The molecule has 1 heterocycles. The molecule has 0 saturated heterocycles. The number of ether oxygens (including phenoxy) is 2. The molecule has 0 fully saturated rings. The van der Waals surface area contributed by atoms with Crippen LogP contribution in [0.15, 0.2) is 6.07 Å². The van der Waals surface area contributed by atoms with E-state index in [1.54, 1.807) is 0 Å². The summed E-state index contributed by atoms with van der Waals surface area (Å²) < 4.78 is 44.7. The molecule has 1 rings (SSSR count). The second-order valence-electron chi connectivity index (χ2n) is 2.94. The summed E-state index contributed by atoms with van der Waals surface area (Å²) in [5, 5.41) is 9.21. The van der Waals surface area contributed by atoms with Crippen molar-refractivity contribution in [3.8, 4) is 11.6 Å². The Labute approximate surface area is 103 Å². The fraction of sp³-hybridized carbons (Fsp3) is 0.444. The van der Waals surface area contributed by atoms with Crippen LogP contribution in [0.2, 0.25) is 0 Å². The molecule has 1 aromatic heterocycles. The van der Waals surface area contributed by atoms with E-state index in [-0.39, 0.29) is 23.4 Å². The molecule has 0 unspecified atom stereocenters. The van der Waals surface area contributed by atoms with Crippen molar-refractivity contribution in [3.05, 3.63) is 17.3 Å². The molecule has 1 N–H and O–H groups in total. The fourth-order valence-corrected chi connectivity index (χ4v) is 1.62. The van der Waals surface area contributed by atoms with Crippen molar-refractivity contribution in [2.45, 2.75) is 18.3 Å². The number of aromatic nitrogens is 1. The Bertz CT molecular complexity index is 398. The maximum absolute atomic E-state index is 12.1. The van der Waals surface area contributed by atoms with E-state index in [1.807, 2.05) is 0 Å². The lowest BCUT2D eigenvalue weighted by molar-refractivity contribution is -0.276. The van der Waals surface area contributed by atoms with E-state index in [9.17, 15) is 13.2 Å². The van der Waals surface area contributed by atoms with E-state index in [0.717, 1.165) is 0 Å². The normalized spacial score (nSPS) is 11.4. The van der Waals surface area contributed by atoms with Gasteiger partial charge in [-0.2, -0.15) is 0 Å². The molecular formula is C9H9BrF3NO3. The number of rotatable bonds is 4. The number of alkyl halides is 4. The Morgan fingerprint density at radius 1 is 1.47 bits per heavy atom. The number of halogens is 4. The van der Waals surface area contributed by atoms with Crippen LogP contribution in [0.5, 0.6) is 11.6 Å². The number of hydrogen-bond donors (Lipinski definition) is 1. The van der Waals surface area contributed by atoms with Gasteiger partial charge in [0, 0.05) is 10.9 Å². The highest BCUT2D eigenvalue weighted by atomic mass is 79.9. The minimum atomic E-state index is -4.84. The van der Waals surface area contributed by atoms with E-state index in [4.69, 9.17) is 9.84 Å². The van der Waals surface area contributed by atoms with Gasteiger partial charge in [0.1, 0.15) is 0 Å². The Kier molecular flexibility index (Phi) is 4.58. The first-order valence-electron chi connectivity index (χ1n) is 4.40. The van der Waals surface area contributed by atoms with Crippen molar-refractivity contribution in [3.63, 3.8) is 0 Å². The summed E-state index contributed by atoms with van der Waals surface area (Å²) in [6, 6.07) is 1.25. The Hall–Kier alpha value is -1.02. The van der Waals surface area contributed by atoms with Gasteiger partial charge in [0.15, 0.2) is 5.75 Å². The summed E-state index contributed by atoms with van der Waals surface area (Å²) in [5.41, 5.74) is 0.626. The number of nitrogens with zero attached hydrogens (tertiary/aromatic N) is 1. The third-order valence-electron chi connectivity index (χ3n) is 1.85. The predicted octanol–water partition coefficient (Wildman–Crippen LogP) is 2.38. The van der Waals surface area contributed by atoms with Crippen LogP contribution in [-0.2, 0) is 11.9 Å². The van der Waals surface area contributed by atoms with Crippen molar-refractivity contribution in [1.82, 2.24) is 4.98 Å². The molecule has 0 atom stereocenters. The molecule has 0 aliphatic rings. The van der Waals surface area contributed by atoms with Gasteiger partial charge in [-0.3, -0.25) is 0 Å². The van der Waals surface area contributed by atoms with Crippen LogP contribution in [-0.4, -0.2) is 23.6 Å². The quantitative estimate of drug-likeness (QED) is 0.867. The minimum absolute atomic E-state index is 0.184. The number of methoxy groups -OCH3 is 1. The number of pyridine rings is 1. The number of hydrogen-bond acceptors (Lipinski definition) is 4. The molecule has 0 aromatic carbocycles. The molecule has 0 amide bonds. The fourth-order valence-electron chi connectivity index (χ4n) is 1.13. The van der Waals surface area contributed by atoms with Gasteiger partial charge >= 0.3 is 6.36 Å². The van der Waals surface area contributed by atoms with Crippen LogP contribution in [0, 0.1) is 0 Å². The summed E-state index contributed by atoms with van der Waals surface area (Å²) in [5.74, 6) is -0.859. The third-order valence-corrected chi connectivity index (χ3v) is 2.38. The zero-order valence-corrected chi connectivity index (χ0v) is 10.3. The lowest BCUT2D eigenvalue weighted by atomic mass is 10.2. The van der Waals surface area contributed by atoms with E-state index >= 15 is 0 Å². The molecule has 0 spiro atoms. The van der Waals surface area contributed by atoms with E-state index < -0.39 is 12.2 Å². The minimum Gasteiger partial charge on any atom is -0.491 e. The van der Waals surface area contributed by atoms with Crippen molar-refractivity contribution in [2.24, 2.45) is 0 Å². The van der Waals surface area contributed by atoms with Crippen LogP contribution in [0.3, 0.4) is 0 Å². The smallest absolute Gasteiger partial charge is 0.491 e. The topological polar surface area (TPSA) is 51.6 Å². The molecule has 0 bridgehead atoms. The SMILES string of the molecule is COc1cc(CO)c(CBr)nc1OC(F)(F)F. The average Bonchev–Trinajstić information content (AvgIpc) is 2.26. The highest BCUT2D eigenvalue weighted by Crippen LogP contribution is 2.32. The Morgan fingerprint density at radius 3 is 2.53 bits per heavy atom. The number of aliphatic hydroxyl groups is 1. The molecule has 4 nitrogen and oxygen atoms in total. The summed E-state index contributed by atoms with van der Waals surface area (Å²) in [4.78, 5) is 3.64. The first kappa shape index (κ1) is 14.0. The van der Waals surface area contributed by atoms with Crippen molar-refractivity contribution < 1.29 is 27.8 Å². The summed E-state index contributed by atoms with van der Waals surface area (Å²) in [6.45, 7) is -0.351. The maximum atomic E-state index is 12.1. The van der Waals surface area contributed by atoms with Crippen LogP contribution in [0.25, 0.3) is 0 Å². The van der Waals surface area contributed by atoms with Crippen LogP contribution < -0.4 is 9.47 Å².